The molecular formula is C10H27NO3Si. The van der Waals surface area contributed by atoms with E-state index in [1.807, 2.05) is 6.55 Å². The van der Waals surface area contributed by atoms with E-state index < -0.39 is 8.56 Å². The van der Waals surface area contributed by atoms with Gasteiger partial charge in [0.25, 0.3) is 0 Å². The highest BCUT2D eigenvalue weighted by molar-refractivity contribution is 6.65. The summed E-state index contributed by atoms with van der Waals surface area (Å²) < 4.78 is 10.4. The van der Waals surface area contributed by atoms with Crippen molar-refractivity contribution in [1.82, 2.24) is 5.32 Å². The van der Waals surface area contributed by atoms with E-state index in [0.29, 0.717) is 0 Å². The minimum absolute atomic E-state index is 0.218. The average Bonchev–Trinajstić information content (AvgIpc) is 2.28. The zero-order valence-corrected chi connectivity index (χ0v) is 11.8. The summed E-state index contributed by atoms with van der Waals surface area (Å²) in [5, 5.41) is 11.6. The van der Waals surface area contributed by atoms with Gasteiger partial charge in [0.15, 0.2) is 0 Å². The Bertz CT molecular complexity index is 119. The molecule has 0 aromatic rings. The number of hydrogen-bond acceptors (Lipinski definition) is 4. The lowest BCUT2D eigenvalue weighted by Crippen LogP contribution is -2.35. The first-order chi connectivity index (χ1) is 7.10. The minimum atomic E-state index is -1.88. The molecule has 0 bridgehead atoms. The minimum Gasteiger partial charge on any atom is -0.398 e. The van der Waals surface area contributed by atoms with Crippen LogP contribution < -0.4 is 5.32 Å². The molecule has 0 unspecified atom stereocenters. The van der Waals surface area contributed by atoms with Crippen molar-refractivity contribution in [2.45, 2.75) is 32.9 Å². The average molecular weight is 237 g/mol. The summed E-state index contributed by atoms with van der Waals surface area (Å²) >= 11 is 0. The van der Waals surface area contributed by atoms with Crippen LogP contribution in [0.15, 0.2) is 0 Å². The summed E-state index contributed by atoms with van der Waals surface area (Å²) in [6.45, 7) is 8.60. The van der Waals surface area contributed by atoms with Gasteiger partial charge in [-0.05, 0) is 32.1 Å². The predicted octanol–water partition coefficient (Wildman–Crippen LogP) is 1.35. The molecule has 0 fully saturated rings. The zero-order chi connectivity index (χ0) is 12.2. The smallest absolute Gasteiger partial charge is 0.334 e. The van der Waals surface area contributed by atoms with Gasteiger partial charge in [0.05, 0.1) is 0 Å². The quantitative estimate of drug-likeness (QED) is 0.656. The van der Waals surface area contributed by atoms with Gasteiger partial charge in [-0.2, -0.15) is 0 Å². The predicted molar refractivity (Wildman–Crippen MR) is 66.4 cm³/mol. The molecule has 0 heterocycles. The maximum atomic E-state index is 8.53. The molecule has 0 aromatic heterocycles. The van der Waals surface area contributed by atoms with Crippen LogP contribution in [0.3, 0.4) is 0 Å². The lowest BCUT2D eigenvalue weighted by Gasteiger charge is -2.21. The second kappa shape index (κ2) is 12.1. The fourth-order valence-electron chi connectivity index (χ4n) is 0.938. The maximum Gasteiger partial charge on any atom is 0.334 e. The molecule has 0 rings (SSSR count). The summed E-state index contributed by atoms with van der Waals surface area (Å²) in [7, 11) is 1.44. The molecule has 0 saturated carbocycles. The first-order valence-electron chi connectivity index (χ1n) is 5.52. The largest absolute Gasteiger partial charge is 0.398 e. The van der Waals surface area contributed by atoms with Gasteiger partial charge < -0.3 is 19.3 Å². The van der Waals surface area contributed by atoms with Gasteiger partial charge in [0.2, 0.25) is 0 Å². The number of hydrogen-bond donors (Lipinski definition) is 2. The van der Waals surface area contributed by atoms with Crippen LogP contribution in [0.5, 0.6) is 0 Å². The van der Waals surface area contributed by atoms with Gasteiger partial charge in [-0.25, -0.2) is 0 Å². The van der Waals surface area contributed by atoms with Crippen LogP contribution >= 0.6 is 0 Å². The molecule has 4 nitrogen and oxygen atoms in total. The Morgan fingerprint density at radius 3 is 1.80 bits per heavy atom. The van der Waals surface area contributed by atoms with Gasteiger partial charge in [0, 0.05) is 20.8 Å². The molecule has 0 aliphatic rings. The van der Waals surface area contributed by atoms with Gasteiger partial charge in [0.1, 0.15) is 0 Å². The normalized spacial score (nSPS) is 10.8. The highest BCUT2D eigenvalue weighted by Gasteiger charge is 2.27. The van der Waals surface area contributed by atoms with Crippen LogP contribution in [0.4, 0.5) is 0 Å². The van der Waals surface area contributed by atoms with Gasteiger partial charge >= 0.3 is 8.56 Å². The third-order valence-corrected chi connectivity index (χ3v) is 5.14. The van der Waals surface area contributed by atoms with Crippen molar-refractivity contribution in [3.63, 3.8) is 0 Å². The van der Waals surface area contributed by atoms with E-state index in [4.69, 9.17) is 14.0 Å². The highest BCUT2D eigenvalue weighted by Crippen LogP contribution is 2.12. The lowest BCUT2D eigenvalue weighted by atomic mass is 10.5. The number of aliphatic hydroxyl groups excluding tert-OH is 1. The molecule has 2 N–H and O–H groups in total. The van der Waals surface area contributed by atoms with Crippen LogP contribution in [0.25, 0.3) is 0 Å². The van der Waals surface area contributed by atoms with E-state index in [1.165, 1.54) is 0 Å². The van der Waals surface area contributed by atoms with E-state index in [-0.39, 0.29) is 6.61 Å². The van der Waals surface area contributed by atoms with Gasteiger partial charge in [-0.1, -0.05) is 13.8 Å². The van der Waals surface area contributed by atoms with Crippen molar-refractivity contribution in [3.05, 3.63) is 0 Å². The van der Waals surface area contributed by atoms with Crippen molar-refractivity contribution in [2.75, 3.05) is 33.9 Å². The summed E-state index contributed by atoms with van der Waals surface area (Å²) in [5.74, 6) is 0. The van der Waals surface area contributed by atoms with Crippen molar-refractivity contribution in [3.8, 4) is 0 Å². The molecule has 0 amide bonds. The van der Waals surface area contributed by atoms with Crippen molar-refractivity contribution in [1.29, 1.82) is 0 Å². The molecule has 0 radical (unpaired) electrons. The Hall–Kier alpha value is 0.0569. The zero-order valence-electron chi connectivity index (χ0n) is 10.8. The van der Waals surface area contributed by atoms with E-state index in [2.05, 4.69) is 19.2 Å². The first kappa shape index (κ1) is 17.5. The maximum absolute atomic E-state index is 8.53. The van der Waals surface area contributed by atoms with Crippen LogP contribution in [-0.2, 0) is 8.85 Å². The number of rotatable bonds is 7. The summed E-state index contributed by atoms with van der Waals surface area (Å²) in [5.41, 5.74) is 0. The van der Waals surface area contributed by atoms with Crippen LogP contribution in [-0.4, -0.2) is 47.6 Å². The highest BCUT2D eigenvalue weighted by atomic mass is 28.4. The Labute approximate surface area is 95.2 Å². The molecule has 0 aliphatic carbocycles. The first-order valence-corrected chi connectivity index (χ1v) is 8.04. The molecule has 15 heavy (non-hydrogen) atoms. The molecular weight excluding hydrogens is 210 g/mol. The Morgan fingerprint density at radius 2 is 1.60 bits per heavy atom. The van der Waals surface area contributed by atoms with Gasteiger partial charge in [-0.3, -0.25) is 0 Å². The Morgan fingerprint density at radius 1 is 1.13 bits per heavy atom. The molecule has 0 aliphatic heterocycles. The molecule has 0 aromatic carbocycles. The number of aliphatic hydroxyl groups is 1. The van der Waals surface area contributed by atoms with E-state index in [0.717, 1.165) is 25.6 Å². The van der Waals surface area contributed by atoms with Crippen LogP contribution in [0.1, 0.15) is 20.3 Å². The summed E-state index contributed by atoms with van der Waals surface area (Å²) in [6.07, 6.45) is 0.768. The summed E-state index contributed by atoms with van der Waals surface area (Å²) in [4.78, 5) is 0. The fraction of sp³-hybridized carbons (Fsp3) is 1.00. The van der Waals surface area contributed by atoms with E-state index in [1.54, 1.807) is 14.2 Å². The monoisotopic (exact) mass is 237 g/mol. The van der Waals surface area contributed by atoms with Crippen molar-refractivity contribution < 1.29 is 14.0 Å². The molecule has 0 spiro atoms. The second-order valence-corrected chi connectivity index (χ2v) is 6.91. The molecule has 94 valence electrons. The third kappa shape index (κ3) is 12.0. The van der Waals surface area contributed by atoms with Crippen molar-refractivity contribution in [2.24, 2.45) is 0 Å². The Balaban J connectivity index is 0. The number of nitrogens with one attached hydrogen (secondary N) is 1. The molecule has 0 atom stereocenters. The second-order valence-electron chi connectivity index (χ2n) is 3.33. The summed E-state index contributed by atoms with van der Waals surface area (Å²) in [6, 6.07) is 0.858. The Kier molecular flexibility index (Phi) is 14.1. The van der Waals surface area contributed by atoms with Gasteiger partial charge in [-0.15, -0.1) is 0 Å². The van der Waals surface area contributed by atoms with Crippen LogP contribution in [0.2, 0.25) is 12.6 Å². The molecule has 0 saturated heterocycles. The van der Waals surface area contributed by atoms with E-state index in [9.17, 15) is 0 Å². The van der Waals surface area contributed by atoms with Crippen LogP contribution in [0, 0.1) is 0 Å². The van der Waals surface area contributed by atoms with E-state index >= 15 is 0 Å². The topological polar surface area (TPSA) is 50.7 Å². The molecule has 5 heteroatoms. The third-order valence-electron chi connectivity index (χ3n) is 2.15. The van der Waals surface area contributed by atoms with Crippen molar-refractivity contribution >= 4 is 8.56 Å². The SMILES string of the molecule is CCNCC.CO[Si](C)(CCCO)OC. The fourth-order valence-corrected chi connectivity index (χ4v) is 2.31. The lowest BCUT2D eigenvalue weighted by molar-refractivity contribution is 0.238. The standard InChI is InChI=1S/C6H16O3Si.C4H11N/c1-8-10(3,9-2)6-4-5-7;1-3-5-4-2/h7H,4-6H2,1-3H3;5H,3-4H2,1-2H3.